The maximum absolute atomic E-state index is 13.6. The molecule has 1 aromatic carbocycles. The monoisotopic (exact) mass is 522 g/mol. The van der Waals surface area contributed by atoms with Gasteiger partial charge in [-0.2, -0.15) is 17.5 Å². The van der Waals surface area contributed by atoms with E-state index in [0.29, 0.717) is 18.9 Å². The maximum Gasteiger partial charge on any atom is 0.395 e. The molecule has 0 radical (unpaired) electrons. The lowest BCUT2D eigenvalue weighted by atomic mass is 10.0. The Bertz CT molecular complexity index is 968. The second-order valence-corrected chi connectivity index (χ2v) is 11.2. The van der Waals surface area contributed by atoms with Crippen molar-refractivity contribution < 1.29 is 31.1 Å². The van der Waals surface area contributed by atoms with Crippen LogP contribution in [0.5, 0.6) is 0 Å². The van der Waals surface area contributed by atoms with Crippen molar-refractivity contribution >= 4 is 21.6 Å². The van der Waals surface area contributed by atoms with Gasteiger partial charge in [0.1, 0.15) is 6.29 Å². The topological polar surface area (TPSA) is 124 Å². The van der Waals surface area contributed by atoms with Gasteiger partial charge in [0.25, 0.3) is 0 Å². The summed E-state index contributed by atoms with van der Waals surface area (Å²) in [6.45, 7) is 5.80. The van der Waals surface area contributed by atoms with E-state index in [1.165, 1.54) is 23.4 Å². The van der Waals surface area contributed by atoms with E-state index in [0.717, 1.165) is 0 Å². The first-order chi connectivity index (χ1) is 16.3. The lowest BCUT2D eigenvalue weighted by molar-refractivity contribution is -0.189. The highest BCUT2D eigenvalue weighted by Gasteiger charge is 2.47. The van der Waals surface area contributed by atoms with Crippen molar-refractivity contribution in [3.05, 3.63) is 24.3 Å². The first-order valence-corrected chi connectivity index (χ1v) is 12.7. The minimum Gasteiger partial charge on any atom is -0.379 e. The molecule has 2 fully saturated rings. The molecule has 5 N–H and O–H groups in total. The molecule has 2 aliphatic heterocycles. The van der Waals surface area contributed by atoms with Crippen molar-refractivity contribution in [1.82, 2.24) is 25.6 Å². The Morgan fingerprint density at radius 3 is 2.37 bits per heavy atom. The number of anilines is 1. The molecule has 10 nitrogen and oxygen atoms in total. The van der Waals surface area contributed by atoms with Crippen molar-refractivity contribution in [1.29, 1.82) is 0 Å². The molecule has 0 saturated carbocycles. The highest BCUT2D eigenvalue weighted by atomic mass is 32.2. The van der Waals surface area contributed by atoms with Crippen molar-refractivity contribution in [2.75, 3.05) is 44.7 Å². The SMILES string of the molecule is CC(=O)NC(C)(C)CNC1NC(Nc2ccc(S(=O)(=O)N3CCOCC3)cc2)NCC1C(F)(F)F. The molecule has 2 aliphatic rings. The summed E-state index contributed by atoms with van der Waals surface area (Å²) in [4.78, 5) is 11.5. The molecule has 0 bridgehead atoms. The predicted molar refractivity (Wildman–Crippen MR) is 124 cm³/mol. The largest absolute Gasteiger partial charge is 0.395 e. The van der Waals surface area contributed by atoms with Gasteiger partial charge in [0, 0.05) is 44.3 Å². The third-order valence-electron chi connectivity index (χ3n) is 5.76. The van der Waals surface area contributed by atoms with Crippen molar-refractivity contribution in [3.63, 3.8) is 0 Å². The summed E-state index contributed by atoms with van der Waals surface area (Å²) in [5.41, 5.74) is -0.224. The molecule has 14 heteroatoms. The fourth-order valence-corrected chi connectivity index (χ4v) is 5.44. The first kappa shape index (κ1) is 27.6. The maximum atomic E-state index is 13.6. The smallest absolute Gasteiger partial charge is 0.379 e. The number of hydrogen-bond acceptors (Lipinski definition) is 8. The van der Waals surface area contributed by atoms with Crippen LogP contribution in [0.2, 0.25) is 0 Å². The standard InChI is InChI=1S/C21H33F3N6O4S/c1-14(31)29-20(2,3)13-26-18-17(21(22,23)24)12-25-19(28-18)27-15-4-6-16(7-5-15)35(32,33)30-8-10-34-11-9-30/h4-7,17-19,25-28H,8-13H2,1-3H3,(H,29,31). The van der Waals surface area contributed by atoms with Crippen molar-refractivity contribution in [2.24, 2.45) is 5.92 Å². The molecule has 3 atom stereocenters. The van der Waals surface area contributed by atoms with Gasteiger partial charge >= 0.3 is 6.18 Å². The number of halogens is 3. The molecule has 3 rings (SSSR count). The highest BCUT2D eigenvalue weighted by molar-refractivity contribution is 7.89. The third kappa shape index (κ3) is 7.51. The second kappa shape index (κ2) is 11.0. The van der Waals surface area contributed by atoms with Gasteiger partial charge in [0.15, 0.2) is 0 Å². The van der Waals surface area contributed by atoms with Crippen LogP contribution in [-0.2, 0) is 19.6 Å². The highest BCUT2D eigenvalue weighted by Crippen LogP contribution is 2.30. The molecule has 1 amide bonds. The van der Waals surface area contributed by atoms with Crippen LogP contribution in [0.4, 0.5) is 18.9 Å². The number of carbonyl (C=O) groups is 1. The summed E-state index contributed by atoms with van der Waals surface area (Å²) in [7, 11) is -3.65. The summed E-state index contributed by atoms with van der Waals surface area (Å²) in [5, 5.41) is 14.3. The van der Waals surface area contributed by atoms with Gasteiger partial charge in [-0.1, -0.05) is 0 Å². The van der Waals surface area contributed by atoms with Gasteiger partial charge < -0.3 is 15.4 Å². The van der Waals surface area contributed by atoms with E-state index in [2.05, 4.69) is 26.6 Å². The van der Waals surface area contributed by atoms with Gasteiger partial charge in [-0.3, -0.25) is 20.7 Å². The summed E-state index contributed by atoms with van der Waals surface area (Å²) >= 11 is 0. The number of sulfonamides is 1. The van der Waals surface area contributed by atoms with E-state index in [1.54, 1.807) is 26.0 Å². The number of rotatable bonds is 8. The van der Waals surface area contributed by atoms with Crippen LogP contribution in [0.25, 0.3) is 0 Å². The van der Waals surface area contributed by atoms with Crippen molar-refractivity contribution in [2.45, 2.75) is 49.8 Å². The molecular weight excluding hydrogens is 489 g/mol. The molecular formula is C21H33F3N6O4S. The van der Waals surface area contributed by atoms with Crippen LogP contribution in [0.15, 0.2) is 29.2 Å². The lowest BCUT2D eigenvalue weighted by Crippen LogP contribution is -2.69. The fourth-order valence-electron chi connectivity index (χ4n) is 4.03. The number of carbonyl (C=O) groups excluding carboxylic acids is 1. The summed E-state index contributed by atoms with van der Waals surface area (Å²) < 4.78 is 72.9. The molecule has 3 unspecified atom stereocenters. The molecule has 0 aromatic heterocycles. The van der Waals surface area contributed by atoms with E-state index in [-0.39, 0.29) is 37.0 Å². The Morgan fingerprint density at radius 1 is 1.17 bits per heavy atom. The Labute approximate surface area is 203 Å². The third-order valence-corrected chi connectivity index (χ3v) is 7.68. The van der Waals surface area contributed by atoms with Crippen molar-refractivity contribution in [3.8, 4) is 0 Å². The number of ether oxygens (including phenoxy) is 1. The average Bonchev–Trinajstić information content (AvgIpc) is 2.77. The number of nitrogens with one attached hydrogen (secondary N) is 5. The van der Waals surface area contributed by atoms with Gasteiger partial charge in [-0.15, -0.1) is 0 Å². The minimum absolute atomic E-state index is 0.109. The summed E-state index contributed by atoms with van der Waals surface area (Å²) in [5.74, 6) is -1.98. The molecule has 0 aliphatic carbocycles. The van der Waals surface area contributed by atoms with Crippen LogP contribution in [-0.4, -0.2) is 82.2 Å². The number of alkyl halides is 3. The summed E-state index contributed by atoms with van der Waals surface area (Å²) in [6.07, 6.45) is -6.28. The molecule has 35 heavy (non-hydrogen) atoms. The molecule has 2 saturated heterocycles. The van der Waals surface area contributed by atoms with E-state index in [9.17, 15) is 26.4 Å². The minimum atomic E-state index is -4.45. The average molecular weight is 523 g/mol. The normalized spacial score (nSPS) is 24.7. The number of amides is 1. The molecule has 0 spiro atoms. The zero-order chi connectivity index (χ0) is 25.9. The van der Waals surface area contributed by atoms with Crippen LogP contribution < -0.4 is 26.6 Å². The Morgan fingerprint density at radius 2 is 1.80 bits per heavy atom. The van der Waals surface area contributed by atoms with Crippen LogP contribution in [0.1, 0.15) is 20.8 Å². The predicted octanol–water partition coefficient (Wildman–Crippen LogP) is 0.605. The van der Waals surface area contributed by atoms with Crippen LogP contribution >= 0.6 is 0 Å². The molecule has 2 heterocycles. The summed E-state index contributed by atoms with van der Waals surface area (Å²) in [6, 6.07) is 6.05. The van der Waals surface area contributed by atoms with E-state index in [4.69, 9.17) is 4.74 Å². The number of benzene rings is 1. The molecule has 1 aromatic rings. The van der Waals surface area contributed by atoms with Crippen LogP contribution in [0.3, 0.4) is 0 Å². The lowest BCUT2D eigenvalue weighted by Gasteiger charge is -2.41. The van der Waals surface area contributed by atoms with E-state index >= 15 is 0 Å². The van der Waals surface area contributed by atoms with Gasteiger partial charge in [-0.25, -0.2) is 8.42 Å². The fraction of sp³-hybridized carbons (Fsp3) is 0.667. The quantitative estimate of drug-likeness (QED) is 0.337. The number of morpholine rings is 1. The van der Waals surface area contributed by atoms with Crippen LogP contribution in [0, 0.1) is 5.92 Å². The van der Waals surface area contributed by atoms with Gasteiger partial charge in [0.2, 0.25) is 15.9 Å². The Hall–Kier alpha value is -1.97. The number of nitrogens with zero attached hydrogens (tertiary/aromatic N) is 1. The Kier molecular flexibility index (Phi) is 8.65. The van der Waals surface area contributed by atoms with E-state index < -0.39 is 40.1 Å². The molecule has 198 valence electrons. The zero-order valence-electron chi connectivity index (χ0n) is 19.9. The second-order valence-electron chi connectivity index (χ2n) is 9.26. The first-order valence-electron chi connectivity index (χ1n) is 11.3. The Balaban J connectivity index is 1.65. The number of hydrogen-bond donors (Lipinski definition) is 5. The van der Waals surface area contributed by atoms with E-state index in [1.807, 2.05) is 0 Å². The van der Waals surface area contributed by atoms with Gasteiger partial charge in [0.05, 0.1) is 30.2 Å². The zero-order valence-corrected chi connectivity index (χ0v) is 20.7. The van der Waals surface area contributed by atoms with Gasteiger partial charge in [-0.05, 0) is 38.1 Å².